The Morgan fingerprint density at radius 1 is 1.26 bits per heavy atom. The summed E-state index contributed by atoms with van der Waals surface area (Å²) in [5.74, 6) is -1.77. The van der Waals surface area contributed by atoms with E-state index >= 15 is 0 Å². The van der Waals surface area contributed by atoms with E-state index in [0.29, 0.717) is 16.9 Å². The summed E-state index contributed by atoms with van der Waals surface area (Å²) in [6, 6.07) is 8.05. The fraction of sp³-hybridized carbons (Fsp3) is 0.333. The summed E-state index contributed by atoms with van der Waals surface area (Å²) in [6.45, 7) is 0.865. The first-order valence-electron chi connectivity index (χ1n) is 9.67. The third-order valence-corrected chi connectivity index (χ3v) is 7.20. The van der Waals surface area contributed by atoms with Gasteiger partial charge in [0.05, 0.1) is 28.7 Å². The van der Waals surface area contributed by atoms with E-state index < -0.39 is 21.5 Å². The predicted octanol–water partition coefficient (Wildman–Crippen LogP) is 3.73. The third kappa shape index (κ3) is 4.91. The fourth-order valence-electron chi connectivity index (χ4n) is 3.46. The van der Waals surface area contributed by atoms with Crippen LogP contribution in [-0.2, 0) is 25.8 Å². The molecule has 3 aromatic rings. The van der Waals surface area contributed by atoms with Crippen LogP contribution in [0.5, 0.6) is 0 Å². The van der Waals surface area contributed by atoms with E-state index in [1.807, 2.05) is 0 Å². The van der Waals surface area contributed by atoms with E-state index in [4.69, 9.17) is 4.74 Å². The van der Waals surface area contributed by atoms with Crippen molar-refractivity contribution in [2.24, 2.45) is 0 Å². The molecule has 1 aromatic heterocycles. The average Bonchev–Trinajstić information content (AvgIpc) is 3.35. The van der Waals surface area contributed by atoms with Crippen molar-refractivity contribution in [2.45, 2.75) is 30.3 Å². The number of sulfone groups is 1. The van der Waals surface area contributed by atoms with Crippen LogP contribution in [0.15, 0.2) is 41.3 Å². The topological polar surface area (TPSA) is 76.6 Å². The number of fused-ring (bicyclic) bond motifs is 1. The second kappa shape index (κ2) is 8.60. The highest BCUT2D eigenvalue weighted by Gasteiger charge is 2.27. The molecule has 2 aromatic carbocycles. The van der Waals surface area contributed by atoms with Crippen LogP contribution in [0.1, 0.15) is 18.4 Å². The number of amides is 1. The lowest BCUT2D eigenvalue weighted by molar-refractivity contribution is -0.118. The number of rotatable bonds is 6. The summed E-state index contributed by atoms with van der Waals surface area (Å²) in [4.78, 5) is 19.0. The first kappa shape index (κ1) is 21.8. The van der Waals surface area contributed by atoms with Crippen LogP contribution in [0.3, 0.4) is 0 Å². The van der Waals surface area contributed by atoms with Gasteiger partial charge in [0.1, 0.15) is 11.3 Å². The first-order valence-corrected chi connectivity index (χ1v) is 12.4. The molecule has 0 aliphatic carbocycles. The molecule has 0 spiro atoms. The van der Waals surface area contributed by atoms with Crippen molar-refractivity contribution in [3.8, 4) is 0 Å². The van der Waals surface area contributed by atoms with Crippen LogP contribution in [0.4, 0.5) is 13.9 Å². The number of anilines is 1. The van der Waals surface area contributed by atoms with Crippen LogP contribution in [-0.4, -0.2) is 44.8 Å². The van der Waals surface area contributed by atoms with Crippen LogP contribution < -0.4 is 4.90 Å². The Morgan fingerprint density at radius 3 is 2.65 bits per heavy atom. The summed E-state index contributed by atoms with van der Waals surface area (Å²) in [5, 5.41) is 0.271. The van der Waals surface area contributed by atoms with Crippen molar-refractivity contribution in [3.05, 3.63) is 53.6 Å². The Bertz CT molecular complexity index is 1220. The van der Waals surface area contributed by atoms with Gasteiger partial charge in [-0.2, -0.15) is 0 Å². The minimum Gasteiger partial charge on any atom is -0.376 e. The van der Waals surface area contributed by atoms with Crippen molar-refractivity contribution in [3.63, 3.8) is 0 Å². The van der Waals surface area contributed by atoms with Gasteiger partial charge in [0, 0.05) is 18.9 Å². The van der Waals surface area contributed by atoms with Crippen molar-refractivity contribution in [1.29, 1.82) is 0 Å². The van der Waals surface area contributed by atoms with E-state index in [1.54, 1.807) is 12.1 Å². The molecule has 31 heavy (non-hydrogen) atoms. The van der Waals surface area contributed by atoms with Crippen molar-refractivity contribution >= 4 is 42.4 Å². The molecule has 1 unspecified atom stereocenters. The zero-order chi connectivity index (χ0) is 22.2. The number of nitrogens with zero attached hydrogens (tertiary/aromatic N) is 2. The van der Waals surface area contributed by atoms with Crippen molar-refractivity contribution < 1.29 is 26.7 Å². The number of ether oxygens (including phenoxy) is 1. The van der Waals surface area contributed by atoms with Crippen LogP contribution in [0.25, 0.3) is 10.2 Å². The maximum Gasteiger partial charge on any atom is 0.233 e. The van der Waals surface area contributed by atoms with Gasteiger partial charge in [-0.05, 0) is 36.6 Å². The molecule has 1 saturated heterocycles. The highest BCUT2D eigenvalue weighted by Crippen LogP contribution is 2.32. The molecule has 10 heteroatoms. The Morgan fingerprint density at radius 2 is 2.00 bits per heavy atom. The van der Waals surface area contributed by atoms with E-state index in [-0.39, 0.29) is 40.5 Å². The number of carbonyl (C=O) groups excluding carboxylic acids is 1. The number of carbonyl (C=O) groups is 1. The molecule has 0 saturated carbocycles. The molecule has 1 fully saturated rings. The van der Waals surface area contributed by atoms with Gasteiger partial charge in [-0.3, -0.25) is 9.69 Å². The minimum absolute atomic E-state index is 0.00350. The van der Waals surface area contributed by atoms with Gasteiger partial charge in [-0.25, -0.2) is 22.2 Å². The SMILES string of the molecule is CS(=O)(=O)c1ccc(CC(=O)N(CC2CCCO2)c2nc3c(F)cc(F)cc3s2)cc1. The molecule has 164 valence electrons. The van der Waals surface area contributed by atoms with Gasteiger partial charge in [0.15, 0.2) is 20.8 Å². The Labute approximate surface area is 182 Å². The first-order chi connectivity index (χ1) is 14.7. The molecule has 0 radical (unpaired) electrons. The lowest BCUT2D eigenvalue weighted by Gasteiger charge is -2.23. The Hall–Kier alpha value is -2.43. The van der Waals surface area contributed by atoms with E-state index in [0.717, 1.165) is 36.5 Å². The number of thiazole rings is 1. The third-order valence-electron chi connectivity index (χ3n) is 5.05. The van der Waals surface area contributed by atoms with Gasteiger partial charge < -0.3 is 4.74 Å². The molecular weight excluding hydrogens is 446 g/mol. The molecule has 1 atom stereocenters. The molecule has 0 bridgehead atoms. The van der Waals surface area contributed by atoms with Crippen molar-refractivity contribution in [1.82, 2.24) is 4.98 Å². The highest BCUT2D eigenvalue weighted by atomic mass is 32.2. The zero-order valence-electron chi connectivity index (χ0n) is 16.7. The Balaban J connectivity index is 1.63. The molecule has 0 N–H and O–H groups in total. The van der Waals surface area contributed by atoms with E-state index in [2.05, 4.69) is 4.98 Å². The standard InChI is InChI=1S/C21H20F2N2O4S2/c1-31(27,28)16-6-4-13(5-7-16)9-19(26)25(12-15-3-2-8-29-15)21-24-20-17(23)10-14(22)11-18(20)30-21/h4-7,10-11,15H,2-3,8-9,12H2,1H3. The van der Waals surface area contributed by atoms with E-state index in [1.165, 1.54) is 23.1 Å². The van der Waals surface area contributed by atoms with Gasteiger partial charge in [0.25, 0.3) is 0 Å². The number of halogens is 2. The van der Waals surface area contributed by atoms with Gasteiger partial charge in [-0.1, -0.05) is 23.5 Å². The van der Waals surface area contributed by atoms with Gasteiger partial charge in [-0.15, -0.1) is 0 Å². The van der Waals surface area contributed by atoms with Crippen LogP contribution in [0.2, 0.25) is 0 Å². The maximum atomic E-state index is 14.1. The number of benzene rings is 2. The van der Waals surface area contributed by atoms with Gasteiger partial charge in [0.2, 0.25) is 5.91 Å². The molecule has 1 aliphatic rings. The summed E-state index contributed by atoms with van der Waals surface area (Å²) in [5.41, 5.74) is 0.650. The molecule has 4 rings (SSSR count). The number of hydrogen-bond acceptors (Lipinski definition) is 6. The van der Waals surface area contributed by atoms with E-state index in [9.17, 15) is 22.0 Å². The number of aromatic nitrogens is 1. The van der Waals surface area contributed by atoms with Gasteiger partial charge >= 0.3 is 0 Å². The largest absolute Gasteiger partial charge is 0.376 e. The lowest BCUT2D eigenvalue weighted by atomic mass is 10.1. The fourth-order valence-corrected chi connectivity index (χ4v) is 5.13. The van der Waals surface area contributed by atoms with Crippen LogP contribution in [0, 0.1) is 11.6 Å². The normalized spacial score (nSPS) is 16.7. The minimum atomic E-state index is -3.33. The zero-order valence-corrected chi connectivity index (χ0v) is 18.3. The molecular formula is C21H20F2N2O4S2. The number of hydrogen-bond donors (Lipinski definition) is 0. The Kier molecular flexibility index (Phi) is 6.05. The second-order valence-electron chi connectivity index (χ2n) is 7.46. The van der Waals surface area contributed by atoms with Crippen LogP contribution >= 0.6 is 11.3 Å². The lowest BCUT2D eigenvalue weighted by Crippen LogP contribution is -2.38. The average molecular weight is 467 g/mol. The highest BCUT2D eigenvalue weighted by molar-refractivity contribution is 7.90. The summed E-state index contributed by atoms with van der Waals surface area (Å²) in [7, 11) is -3.33. The monoisotopic (exact) mass is 466 g/mol. The second-order valence-corrected chi connectivity index (χ2v) is 10.5. The quantitative estimate of drug-likeness (QED) is 0.553. The predicted molar refractivity (Wildman–Crippen MR) is 114 cm³/mol. The smallest absolute Gasteiger partial charge is 0.233 e. The summed E-state index contributed by atoms with van der Waals surface area (Å²) >= 11 is 1.04. The molecule has 1 amide bonds. The molecule has 6 nitrogen and oxygen atoms in total. The summed E-state index contributed by atoms with van der Waals surface area (Å²) in [6.07, 6.45) is 2.64. The molecule has 2 heterocycles. The van der Waals surface area contributed by atoms with Crippen molar-refractivity contribution in [2.75, 3.05) is 24.3 Å². The molecule has 1 aliphatic heterocycles. The summed E-state index contributed by atoms with van der Waals surface area (Å²) < 4.78 is 57.0. The maximum absolute atomic E-state index is 14.1.